The van der Waals surface area contributed by atoms with Gasteiger partial charge in [0.15, 0.2) is 0 Å². The Hall–Kier alpha value is -1.35. The summed E-state index contributed by atoms with van der Waals surface area (Å²) in [5, 5.41) is 6.54. The van der Waals surface area contributed by atoms with E-state index in [4.69, 9.17) is 0 Å². The van der Waals surface area contributed by atoms with E-state index >= 15 is 0 Å². The fourth-order valence-corrected chi connectivity index (χ4v) is 3.60. The van der Waals surface area contributed by atoms with Gasteiger partial charge < -0.3 is 10.6 Å². The van der Waals surface area contributed by atoms with E-state index in [-0.39, 0.29) is 11.9 Å². The number of nitrogens with one attached hydrogen (secondary N) is 2. The zero-order chi connectivity index (χ0) is 14.5. The maximum atomic E-state index is 12.3. The predicted molar refractivity (Wildman–Crippen MR) is 85.1 cm³/mol. The van der Waals surface area contributed by atoms with Crippen molar-refractivity contribution in [2.45, 2.75) is 51.0 Å². The van der Waals surface area contributed by atoms with E-state index in [0.717, 1.165) is 25.9 Å². The number of benzene rings is 1. The molecule has 1 heterocycles. The summed E-state index contributed by atoms with van der Waals surface area (Å²) in [6, 6.07) is 10.7. The Morgan fingerprint density at radius 2 is 2.00 bits per heavy atom. The van der Waals surface area contributed by atoms with Crippen molar-refractivity contribution in [3.05, 3.63) is 35.9 Å². The van der Waals surface area contributed by atoms with E-state index in [1.54, 1.807) is 0 Å². The van der Waals surface area contributed by atoms with Crippen molar-refractivity contribution in [1.29, 1.82) is 0 Å². The van der Waals surface area contributed by atoms with Crippen LogP contribution in [0.25, 0.3) is 0 Å². The molecule has 114 valence electrons. The summed E-state index contributed by atoms with van der Waals surface area (Å²) in [5.74, 6) is 0.203. The molecule has 1 atom stereocenters. The fourth-order valence-electron chi connectivity index (χ4n) is 3.60. The number of piperidine rings is 1. The lowest BCUT2D eigenvalue weighted by molar-refractivity contribution is -0.124. The van der Waals surface area contributed by atoms with Crippen LogP contribution < -0.4 is 10.6 Å². The zero-order valence-corrected chi connectivity index (χ0v) is 12.7. The summed E-state index contributed by atoms with van der Waals surface area (Å²) in [6.45, 7) is 1.81. The zero-order valence-electron chi connectivity index (χ0n) is 12.7. The smallest absolute Gasteiger partial charge is 0.237 e. The predicted octanol–water partition coefficient (Wildman–Crippen LogP) is 2.66. The SMILES string of the molecule is O=C(NCC1(Cc2ccccc2)CCC1)C1CCCCN1. The van der Waals surface area contributed by atoms with Gasteiger partial charge in [-0.2, -0.15) is 0 Å². The van der Waals surface area contributed by atoms with Crippen molar-refractivity contribution >= 4 is 5.91 Å². The van der Waals surface area contributed by atoms with E-state index in [1.807, 2.05) is 0 Å². The molecule has 3 heteroatoms. The lowest BCUT2D eigenvalue weighted by Crippen LogP contribution is -2.51. The van der Waals surface area contributed by atoms with Gasteiger partial charge in [-0.1, -0.05) is 43.2 Å². The first kappa shape index (κ1) is 14.6. The van der Waals surface area contributed by atoms with E-state index in [9.17, 15) is 4.79 Å². The second kappa shape index (κ2) is 6.61. The first-order chi connectivity index (χ1) is 10.3. The number of amides is 1. The highest BCUT2D eigenvalue weighted by Crippen LogP contribution is 2.43. The van der Waals surface area contributed by atoms with Gasteiger partial charge in [-0.05, 0) is 49.6 Å². The van der Waals surface area contributed by atoms with E-state index in [2.05, 4.69) is 41.0 Å². The lowest BCUT2D eigenvalue weighted by Gasteiger charge is -2.42. The van der Waals surface area contributed by atoms with Crippen LogP contribution in [0.15, 0.2) is 30.3 Å². The van der Waals surface area contributed by atoms with Crippen molar-refractivity contribution in [3.8, 4) is 0 Å². The number of carbonyl (C=O) groups excluding carboxylic acids is 1. The molecule has 1 aromatic rings. The number of hydrogen-bond donors (Lipinski definition) is 2. The van der Waals surface area contributed by atoms with E-state index < -0.39 is 0 Å². The van der Waals surface area contributed by atoms with Crippen molar-refractivity contribution < 1.29 is 4.79 Å². The highest BCUT2D eigenvalue weighted by Gasteiger charge is 2.37. The number of hydrogen-bond acceptors (Lipinski definition) is 2. The van der Waals surface area contributed by atoms with Gasteiger partial charge in [0, 0.05) is 6.54 Å². The third-order valence-electron chi connectivity index (χ3n) is 5.10. The molecule has 1 aliphatic carbocycles. The van der Waals surface area contributed by atoms with Crippen LogP contribution in [0.2, 0.25) is 0 Å². The average Bonchev–Trinajstić information content (AvgIpc) is 2.51. The van der Waals surface area contributed by atoms with Crippen LogP contribution in [0.1, 0.15) is 44.1 Å². The van der Waals surface area contributed by atoms with Crippen molar-refractivity contribution in [2.75, 3.05) is 13.1 Å². The molecule has 1 saturated heterocycles. The molecule has 1 aliphatic heterocycles. The van der Waals surface area contributed by atoms with Gasteiger partial charge in [-0.25, -0.2) is 0 Å². The van der Waals surface area contributed by atoms with Gasteiger partial charge in [0.25, 0.3) is 0 Å². The molecule has 0 aromatic heterocycles. The Bertz CT molecular complexity index is 461. The molecule has 1 amide bonds. The summed E-state index contributed by atoms with van der Waals surface area (Å²) in [4.78, 5) is 12.3. The molecule has 0 spiro atoms. The van der Waals surface area contributed by atoms with Crippen LogP contribution in [0.5, 0.6) is 0 Å². The fraction of sp³-hybridized carbons (Fsp3) is 0.611. The van der Waals surface area contributed by atoms with Gasteiger partial charge in [-0.15, -0.1) is 0 Å². The van der Waals surface area contributed by atoms with Crippen molar-refractivity contribution in [3.63, 3.8) is 0 Å². The topological polar surface area (TPSA) is 41.1 Å². The average molecular weight is 286 g/mol. The summed E-state index contributed by atoms with van der Waals surface area (Å²) >= 11 is 0. The van der Waals surface area contributed by atoms with Gasteiger partial charge in [0.2, 0.25) is 5.91 Å². The molecule has 1 saturated carbocycles. The monoisotopic (exact) mass is 286 g/mol. The van der Waals surface area contributed by atoms with Crippen LogP contribution >= 0.6 is 0 Å². The molecule has 1 unspecified atom stereocenters. The minimum Gasteiger partial charge on any atom is -0.354 e. The standard InChI is InChI=1S/C18H26N2O/c21-17(16-9-4-5-12-19-16)20-14-18(10-6-11-18)13-15-7-2-1-3-8-15/h1-3,7-8,16,19H,4-6,9-14H2,(H,20,21). The molecule has 0 bridgehead atoms. The molecule has 2 aliphatic rings. The van der Waals surface area contributed by atoms with Crippen LogP contribution in [0, 0.1) is 5.41 Å². The van der Waals surface area contributed by atoms with Crippen LogP contribution in [-0.4, -0.2) is 25.0 Å². The molecule has 2 fully saturated rings. The molecular formula is C18H26N2O. The highest BCUT2D eigenvalue weighted by molar-refractivity contribution is 5.81. The van der Waals surface area contributed by atoms with E-state index in [1.165, 1.54) is 37.7 Å². The maximum absolute atomic E-state index is 12.3. The van der Waals surface area contributed by atoms with E-state index in [0.29, 0.717) is 5.41 Å². The van der Waals surface area contributed by atoms with Crippen molar-refractivity contribution in [1.82, 2.24) is 10.6 Å². The Labute approximate surface area is 127 Å². The molecule has 0 radical (unpaired) electrons. The van der Waals surface area contributed by atoms with Crippen LogP contribution in [0.4, 0.5) is 0 Å². The number of carbonyl (C=O) groups is 1. The molecular weight excluding hydrogens is 260 g/mol. The molecule has 3 rings (SSSR count). The highest BCUT2D eigenvalue weighted by atomic mass is 16.2. The third kappa shape index (κ3) is 3.65. The first-order valence-corrected chi connectivity index (χ1v) is 8.33. The van der Waals surface area contributed by atoms with Gasteiger partial charge >= 0.3 is 0 Å². The summed E-state index contributed by atoms with van der Waals surface area (Å²) < 4.78 is 0. The second-order valence-electron chi connectivity index (χ2n) is 6.74. The quantitative estimate of drug-likeness (QED) is 0.873. The summed E-state index contributed by atoms with van der Waals surface area (Å²) in [7, 11) is 0. The third-order valence-corrected chi connectivity index (χ3v) is 5.10. The molecule has 21 heavy (non-hydrogen) atoms. The first-order valence-electron chi connectivity index (χ1n) is 8.33. The Kier molecular flexibility index (Phi) is 4.59. The summed E-state index contributed by atoms with van der Waals surface area (Å²) in [6.07, 6.45) is 8.20. The van der Waals surface area contributed by atoms with Crippen molar-refractivity contribution in [2.24, 2.45) is 5.41 Å². The maximum Gasteiger partial charge on any atom is 0.237 e. The largest absolute Gasteiger partial charge is 0.354 e. The Morgan fingerprint density at radius 3 is 2.62 bits per heavy atom. The van der Waals surface area contributed by atoms with Crippen LogP contribution in [0.3, 0.4) is 0 Å². The Balaban J connectivity index is 1.53. The van der Waals surface area contributed by atoms with Gasteiger partial charge in [0.1, 0.15) is 0 Å². The van der Waals surface area contributed by atoms with Gasteiger partial charge in [0.05, 0.1) is 6.04 Å². The summed E-state index contributed by atoms with van der Waals surface area (Å²) in [5.41, 5.74) is 1.69. The second-order valence-corrected chi connectivity index (χ2v) is 6.74. The number of rotatable bonds is 5. The minimum absolute atomic E-state index is 0.0348. The van der Waals surface area contributed by atoms with Crippen LogP contribution in [-0.2, 0) is 11.2 Å². The molecule has 2 N–H and O–H groups in total. The normalized spacial score (nSPS) is 24.1. The van der Waals surface area contributed by atoms with Gasteiger partial charge in [-0.3, -0.25) is 4.79 Å². The molecule has 3 nitrogen and oxygen atoms in total. The molecule has 1 aromatic carbocycles. The lowest BCUT2D eigenvalue weighted by atomic mass is 9.65. The Morgan fingerprint density at radius 1 is 1.19 bits per heavy atom. The minimum atomic E-state index is 0.0348.